The molecule has 0 spiro atoms. The fourth-order valence-corrected chi connectivity index (χ4v) is 2.31. The molecule has 0 aliphatic heterocycles. The second kappa shape index (κ2) is 5.87. The number of hydrogen-bond acceptors (Lipinski definition) is 5. The number of rotatable bonds is 4. The van der Waals surface area contributed by atoms with E-state index in [1.54, 1.807) is 6.07 Å². The zero-order valence-electron chi connectivity index (χ0n) is 12.6. The van der Waals surface area contributed by atoms with Crippen molar-refractivity contribution in [1.29, 1.82) is 0 Å². The van der Waals surface area contributed by atoms with E-state index >= 15 is 0 Å². The predicted octanol–water partition coefficient (Wildman–Crippen LogP) is 3.27. The minimum Gasteiger partial charge on any atom is -0.373 e. The van der Waals surface area contributed by atoms with E-state index < -0.39 is 4.92 Å². The highest BCUT2D eigenvalue weighted by atomic mass is 16.6. The van der Waals surface area contributed by atoms with Gasteiger partial charge < -0.3 is 5.32 Å². The molecular weight excluding hydrogens is 268 g/mol. The Morgan fingerprint density at radius 1 is 1.29 bits per heavy atom. The number of nitrogens with zero attached hydrogens (tertiary/aromatic N) is 3. The number of aromatic nitrogens is 2. The summed E-state index contributed by atoms with van der Waals surface area (Å²) in [6.45, 7) is 5.87. The van der Waals surface area contributed by atoms with Crippen LogP contribution in [0, 0.1) is 24.0 Å². The van der Waals surface area contributed by atoms with Crippen molar-refractivity contribution in [2.45, 2.75) is 27.2 Å². The second-order valence-electron chi connectivity index (χ2n) is 4.82. The van der Waals surface area contributed by atoms with Crippen LogP contribution in [0.4, 0.5) is 11.5 Å². The van der Waals surface area contributed by atoms with Crippen molar-refractivity contribution in [2.24, 2.45) is 0 Å². The van der Waals surface area contributed by atoms with Gasteiger partial charge in [-0.25, -0.2) is 9.97 Å². The first-order valence-corrected chi connectivity index (χ1v) is 6.78. The maximum Gasteiger partial charge on any atom is 0.270 e. The lowest BCUT2D eigenvalue weighted by Gasteiger charge is -2.12. The van der Waals surface area contributed by atoms with Gasteiger partial charge in [-0.1, -0.05) is 13.0 Å². The molecular formula is C15H18N4O2. The standard InChI is InChI=1S/C15H18N4O2/c1-5-12-10(3)17-15(18-14(12)16-4)13-8-11(19(20)21)7-6-9(13)2/h6-8H,5H2,1-4H3,(H,16,17,18). The van der Waals surface area contributed by atoms with E-state index in [1.165, 1.54) is 12.1 Å². The third kappa shape index (κ3) is 2.84. The van der Waals surface area contributed by atoms with Crippen LogP contribution in [0.3, 0.4) is 0 Å². The number of anilines is 1. The van der Waals surface area contributed by atoms with Crippen LogP contribution in [0.25, 0.3) is 11.4 Å². The molecule has 1 heterocycles. The monoisotopic (exact) mass is 286 g/mol. The van der Waals surface area contributed by atoms with Crippen molar-refractivity contribution in [2.75, 3.05) is 12.4 Å². The molecule has 1 aromatic heterocycles. The lowest BCUT2D eigenvalue weighted by Crippen LogP contribution is -2.05. The molecule has 0 bridgehead atoms. The average Bonchev–Trinajstić information content (AvgIpc) is 2.46. The summed E-state index contributed by atoms with van der Waals surface area (Å²) in [7, 11) is 1.81. The first kappa shape index (κ1) is 14.9. The van der Waals surface area contributed by atoms with Crippen LogP contribution in [-0.2, 0) is 6.42 Å². The summed E-state index contributed by atoms with van der Waals surface area (Å²) in [4.78, 5) is 19.6. The molecule has 0 saturated carbocycles. The normalized spacial score (nSPS) is 10.5. The van der Waals surface area contributed by atoms with Gasteiger partial charge in [-0.15, -0.1) is 0 Å². The highest BCUT2D eigenvalue weighted by molar-refractivity contribution is 5.66. The largest absolute Gasteiger partial charge is 0.373 e. The molecule has 0 saturated heterocycles. The summed E-state index contributed by atoms with van der Waals surface area (Å²) in [5.41, 5.74) is 3.59. The molecule has 0 fully saturated rings. The molecule has 0 atom stereocenters. The molecule has 0 amide bonds. The summed E-state index contributed by atoms with van der Waals surface area (Å²) < 4.78 is 0. The molecule has 0 radical (unpaired) electrons. The molecule has 6 nitrogen and oxygen atoms in total. The Balaban J connectivity index is 2.64. The Morgan fingerprint density at radius 2 is 2.00 bits per heavy atom. The van der Waals surface area contributed by atoms with E-state index in [9.17, 15) is 10.1 Å². The molecule has 21 heavy (non-hydrogen) atoms. The Labute approximate surface area is 123 Å². The van der Waals surface area contributed by atoms with Crippen LogP contribution < -0.4 is 5.32 Å². The lowest BCUT2D eigenvalue weighted by molar-refractivity contribution is -0.384. The number of nitrogens with one attached hydrogen (secondary N) is 1. The first-order valence-electron chi connectivity index (χ1n) is 6.78. The van der Waals surface area contributed by atoms with E-state index in [4.69, 9.17) is 0 Å². The third-order valence-corrected chi connectivity index (χ3v) is 3.48. The Kier molecular flexibility index (Phi) is 4.16. The molecule has 0 unspecified atom stereocenters. The minimum atomic E-state index is -0.408. The number of aryl methyl sites for hydroxylation is 2. The molecule has 2 aromatic rings. The zero-order valence-corrected chi connectivity index (χ0v) is 12.6. The van der Waals surface area contributed by atoms with Crippen molar-refractivity contribution < 1.29 is 4.92 Å². The average molecular weight is 286 g/mol. The number of non-ortho nitro benzene ring substituents is 1. The van der Waals surface area contributed by atoms with E-state index in [0.717, 1.165) is 29.1 Å². The van der Waals surface area contributed by atoms with Crippen molar-refractivity contribution in [3.63, 3.8) is 0 Å². The Morgan fingerprint density at radius 3 is 2.57 bits per heavy atom. The topological polar surface area (TPSA) is 81.0 Å². The third-order valence-electron chi connectivity index (χ3n) is 3.48. The van der Waals surface area contributed by atoms with Gasteiger partial charge in [0.2, 0.25) is 0 Å². The van der Waals surface area contributed by atoms with Gasteiger partial charge in [0, 0.05) is 36.0 Å². The highest BCUT2D eigenvalue weighted by Gasteiger charge is 2.15. The van der Waals surface area contributed by atoms with E-state index in [-0.39, 0.29) is 5.69 Å². The molecule has 6 heteroatoms. The summed E-state index contributed by atoms with van der Waals surface area (Å²) >= 11 is 0. The van der Waals surface area contributed by atoms with E-state index in [0.29, 0.717) is 11.4 Å². The Bertz CT molecular complexity index is 698. The minimum absolute atomic E-state index is 0.0439. The van der Waals surface area contributed by atoms with Crippen LogP contribution in [0.1, 0.15) is 23.7 Å². The maximum atomic E-state index is 10.9. The molecule has 110 valence electrons. The molecule has 1 N–H and O–H groups in total. The van der Waals surface area contributed by atoms with Gasteiger partial charge in [0.25, 0.3) is 5.69 Å². The van der Waals surface area contributed by atoms with Crippen molar-refractivity contribution in [3.05, 3.63) is 45.1 Å². The highest BCUT2D eigenvalue weighted by Crippen LogP contribution is 2.28. The van der Waals surface area contributed by atoms with Gasteiger partial charge in [-0.2, -0.15) is 0 Å². The number of nitro benzene ring substituents is 1. The smallest absolute Gasteiger partial charge is 0.270 e. The number of benzene rings is 1. The molecule has 2 rings (SSSR count). The van der Waals surface area contributed by atoms with Crippen LogP contribution in [0.5, 0.6) is 0 Å². The summed E-state index contributed by atoms with van der Waals surface area (Å²) in [5, 5.41) is 14.0. The summed E-state index contributed by atoms with van der Waals surface area (Å²) in [6.07, 6.45) is 0.830. The van der Waals surface area contributed by atoms with Gasteiger partial charge in [-0.3, -0.25) is 10.1 Å². The van der Waals surface area contributed by atoms with Crippen molar-refractivity contribution in [3.8, 4) is 11.4 Å². The van der Waals surface area contributed by atoms with Gasteiger partial charge >= 0.3 is 0 Å². The van der Waals surface area contributed by atoms with Crippen LogP contribution >= 0.6 is 0 Å². The molecule has 0 aliphatic carbocycles. The first-order chi connectivity index (χ1) is 9.97. The quantitative estimate of drug-likeness (QED) is 0.689. The van der Waals surface area contributed by atoms with Crippen LogP contribution in [0.15, 0.2) is 18.2 Å². The molecule has 1 aromatic carbocycles. The summed E-state index contributed by atoms with van der Waals surface area (Å²) in [6, 6.07) is 4.74. The van der Waals surface area contributed by atoms with Crippen molar-refractivity contribution in [1.82, 2.24) is 9.97 Å². The molecule has 0 aliphatic rings. The summed E-state index contributed by atoms with van der Waals surface area (Å²) in [5.74, 6) is 1.28. The van der Waals surface area contributed by atoms with Crippen LogP contribution in [0.2, 0.25) is 0 Å². The van der Waals surface area contributed by atoms with Gasteiger partial charge in [0.15, 0.2) is 5.82 Å². The van der Waals surface area contributed by atoms with Gasteiger partial charge in [0.05, 0.1) is 4.92 Å². The SMILES string of the molecule is CCc1c(C)nc(-c2cc([N+](=O)[O-])ccc2C)nc1NC. The Hall–Kier alpha value is -2.50. The van der Waals surface area contributed by atoms with E-state index in [2.05, 4.69) is 15.3 Å². The van der Waals surface area contributed by atoms with E-state index in [1.807, 2.05) is 27.8 Å². The number of hydrogen-bond donors (Lipinski definition) is 1. The lowest BCUT2D eigenvalue weighted by atomic mass is 10.1. The zero-order chi connectivity index (χ0) is 15.6. The van der Waals surface area contributed by atoms with Gasteiger partial charge in [0.1, 0.15) is 5.82 Å². The fourth-order valence-electron chi connectivity index (χ4n) is 2.31. The predicted molar refractivity (Wildman–Crippen MR) is 82.5 cm³/mol. The fraction of sp³-hybridized carbons (Fsp3) is 0.333. The van der Waals surface area contributed by atoms with Crippen molar-refractivity contribution >= 4 is 11.5 Å². The maximum absolute atomic E-state index is 10.9. The van der Waals surface area contributed by atoms with Gasteiger partial charge in [-0.05, 0) is 25.8 Å². The second-order valence-corrected chi connectivity index (χ2v) is 4.82. The van der Waals surface area contributed by atoms with Crippen LogP contribution in [-0.4, -0.2) is 21.9 Å². The number of nitro groups is 1.